The van der Waals surface area contributed by atoms with Crippen LogP contribution in [0.15, 0.2) is 18.2 Å². The van der Waals surface area contributed by atoms with Gasteiger partial charge in [-0.2, -0.15) is 0 Å². The average Bonchev–Trinajstić information content (AvgIpc) is 3.28. The summed E-state index contributed by atoms with van der Waals surface area (Å²) in [5.41, 5.74) is 1.80. The third kappa shape index (κ3) is 7.17. The van der Waals surface area contributed by atoms with Crippen LogP contribution in [-0.2, 0) is 27.4 Å². The van der Waals surface area contributed by atoms with Crippen LogP contribution in [-0.4, -0.2) is 70.5 Å². The molecular weight excluding hydrogens is 618 g/mol. The van der Waals surface area contributed by atoms with Crippen molar-refractivity contribution in [1.82, 2.24) is 14.8 Å². The highest BCUT2D eigenvalue weighted by Gasteiger charge is 2.34. The van der Waals surface area contributed by atoms with E-state index in [1.165, 1.54) is 6.07 Å². The van der Waals surface area contributed by atoms with Gasteiger partial charge in [0.15, 0.2) is 5.13 Å². The van der Waals surface area contributed by atoms with Crippen LogP contribution < -0.4 is 5.32 Å². The van der Waals surface area contributed by atoms with Crippen molar-refractivity contribution in [2.45, 2.75) is 71.9 Å². The summed E-state index contributed by atoms with van der Waals surface area (Å²) in [5.74, 6) is -0.480. The number of piperazine rings is 1. The molecule has 0 aliphatic carbocycles. The van der Waals surface area contributed by atoms with E-state index in [-0.39, 0.29) is 28.6 Å². The van der Waals surface area contributed by atoms with Crippen LogP contribution in [0.1, 0.15) is 52.7 Å². The number of hydrogen-bond donors (Lipinski definition) is 1. The van der Waals surface area contributed by atoms with Crippen molar-refractivity contribution in [2.24, 2.45) is 0 Å². The predicted octanol–water partition coefficient (Wildman–Crippen LogP) is 7.71. The fourth-order valence-electron chi connectivity index (χ4n) is 5.14. The summed E-state index contributed by atoms with van der Waals surface area (Å²) >= 11 is 14.9. The maximum atomic E-state index is 14.9. The Kier molecular flexibility index (Phi) is 8.85. The zero-order chi connectivity index (χ0) is 31.3. The summed E-state index contributed by atoms with van der Waals surface area (Å²) in [6.07, 6.45) is -1.02. The Labute approximate surface area is 264 Å². The normalized spacial score (nSPS) is 18.0. The van der Waals surface area contributed by atoms with E-state index in [2.05, 4.69) is 15.2 Å². The van der Waals surface area contributed by atoms with Gasteiger partial charge in [0.05, 0.1) is 39.5 Å². The molecule has 232 valence electrons. The number of rotatable bonds is 2. The minimum Gasteiger partial charge on any atom is -0.444 e. The minimum absolute atomic E-state index is 0.0192. The summed E-state index contributed by atoms with van der Waals surface area (Å²) in [5, 5.41) is 3.56. The first-order chi connectivity index (χ1) is 20.1. The zero-order valence-electron chi connectivity index (χ0n) is 25.0. The second-order valence-corrected chi connectivity index (χ2v) is 14.5. The van der Waals surface area contributed by atoms with Crippen molar-refractivity contribution < 1.29 is 28.2 Å². The number of fused-ring (bicyclic) bond motifs is 3. The lowest BCUT2D eigenvalue weighted by atomic mass is 9.96. The number of nitrogens with one attached hydrogen (secondary N) is 1. The SMILES string of the molecule is CC(C)(C)OC(=O)Nc1nc2c(-c3c(Cl)cc4c(c3Cl)COC[C@H]3CN(C(=O)OC(C)(C)C)CCN3C4)ccc(F)c2s1. The topological polar surface area (TPSA) is 93.2 Å². The highest BCUT2D eigenvalue weighted by molar-refractivity contribution is 7.22. The summed E-state index contributed by atoms with van der Waals surface area (Å²) in [6.45, 7) is 13.7. The van der Waals surface area contributed by atoms with Gasteiger partial charge in [-0.15, -0.1) is 0 Å². The van der Waals surface area contributed by atoms with Crippen LogP contribution in [0.4, 0.5) is 19.1 Å². The minimum atomic E-state index is -0.702. The summed E-state index contributed by atoms with van der Waals surface area (Å²) in [7, 11) is 0. The number of ether oxygens (including phenoxy) is 3. The molecule has 2 amide bonds. The molecule has 1 fully saturated rings. The fourth-order valence-corrected chi connectivity index (χ4v) is 6.78. The molecule has 1 aromatic heterocycles. The van der Waals surface area contributed by atoms with Crippen molar-refractivity contribution in [3.63, 3.8) is 0 Å². The predicted molar refractivity (Wildman–Crippen MR) is 167 cm³/mol. The van der Waals surface area contributed by atoms with Crippen molar-refractivity contribution in [3.8, 4) is 11.1 Å². The van der Waals surface area contributed by atoms with E-state index < -0.39 is 23.1 Å². The molecule has 0 saturated carbocycles. The van der Waals surface area contributed by atoms with Crippen LogP contribution >= 0.6 is 34.5 Å². The number of thiazole rings is 1. The number of nitrogens with zero attached hydrogens (tertiary/aromatic N) is 3. The fraction of sp³-hybridized carbons (Fsp3) is 0.500. The van der Waals surface area contributed by atoms with Crippen molar-refractivity contribution in [1.29, 1.82) is 0 Å². The monoisotopic (exact) mass is 652 g/mol. The van der Waals surface area contributed by atoms with E-state index >= 15 is 0 Å². The molecule has 0 bridgehead atoms. The number of amides is 2. The second kappa shape index (κ2) is 12.0. The molecule has 3 heterocycles. The smallest absolute Gasteiger partial charge is 0.413 e. The largest absolute Gasteiger partial charge is 0.444 e. The van der Waals surface area contributed by atoms with Crippen LogP contribution in [0.25, 0.3) is 21.3 Å². The quantitative estimate of drug-likeness (QED) is 0.303. The van der Waals surface area contributed by atoms with Crippen molar-refractivity contribution in [3.05, 3.63) is 45.2 Å². The van der Waals surface area contributed by atoms with Gasteiger partial charge in [-0.05, 0) is 65.3 Å². The van der Waals surface area contributed by atoms with Gasteiger partial charge in [-0.25, -0.2) is 19.0 Å². The van der Waals surface area contributed by atoms with Gasteiger partial charge < -0.3 is 19.1 Å². The molecule has 1 N–H and O–H groups in total. The second-order valence-electron chi connectivity index (χ2n) is 12.7. The maximum absolute atomic E-state index is 14.9. The third-order valence-electron chi connectivity index (χ3n) is 6.97. The number of anilines is 1. The van der Waals surface area contributed by atoms with Crippen LogP contribution in [0, 0.1) is 5.82 Å². The molecule has 1 atom stereocenters. The van der Waals surface area contributed by atoms with Crippen LogP contribution in [0.5, 0.6) is 0 Å². The lowest BCUT2D eigenvalue weighted by Crippen LogP contribution is -2.57. The van der Waals surface area contributed by atoms with Crippen LogP contribution in [0.3, 0.4) is 0 Å². The summed E-state index contributed by atoms with van der Waals surface area (Å²) < 4.78 is 32.2. The molecule has 9 nitrogen and oxygen atoms in total. The molecule has 2 aliphatic rings. The number of carbonyl (C=O) groups excluding carboxylic acids is 2. The Morgan fingerprint density at radius 2 is 1.84 bits per heavy atom. The molecule has 1 saturated heterocycles. The van der Waals surface area contributed by atoms with E-state index in [9.17, 15) is 14.0 Å². The van der Waals surface area contributed by atoms with Gasteiger partial charge in [0, 0.05) is 42.9 Å². The molecule has 43 heavy (non-hydrogen) atoms. The molecule has 13 heteroatoms. The number of halogens is 3. The Morgan fingerprint density at radius 1 is 1.12 bits per heavy atom. The lowest BCUT2D eigenvalue weighted by molar-refractivity contribution is -0.0234. The van der Waals surface area contributed by atoms with E-state index in [0.29, 0.717) is 59.5 Å². The molecule has 3 aromatic rings. The lowest BCUT2D eigenvalue weighted by Gasteiger charge is -2.42. The van der Waals surface area contributed by atoms with E-state index in [0.717, 1.165) is 22.5 Å². The zero-order valence-corrected chi connectivity index (χ0v) is 27.3. The Morgan fingerprint density at radius 3 is 2.53 bits per heavy atom. The summed E-state index contributed by atoms with van der Waals surface area (Å²) in [4.78, 5) is 33.5. The van der Waals surface area contributed by atoms with Gasteiger partial charge in [-0.1, -0.05) is 34.5 Å². The molecule has 2 aliphatic heterocycles. The number of carbonyl (C=O) groups is 2. The Balaban J connectivity index is 1.43. The molecule has 5 rings (SSSR count). The Hall–Kier alpha value is -2.70. The molecule has 0 radical (unpaired) electrons. The van der Waals surface area contributed by atoms with Gasteiger partial charge >= 0.3 is 12.2 Å². The third-order valence-corrected chi connectivity index (χ3v) is 8.67. The van der Waals surface area contributed by atoms with Crippen molar-refractivity contribution >= 4 is 62.1 Å². The highest BCUT2D eigenvalue weighted by atomic mass is 35.5. The van der Waals surface area contributed by atoms with Crippen molar-refractivity contribution in [2.75, 3.05) is 31.6 Å². The van der Waals surface area contributed by atoms with Gasteiger partial charge in [0.25, 0.3) is 0 Å². The average molecular weight is 654 g/mol. The van der Waals surface area contributed by atoms with Gasteiger partial charge in [-0.3, -0.25) is 10.2 Å². The molecular formula is C30H35Cl2FN4O5S. The van der Waals surface area contributed by atoms with Gasteiger partial charge in [0.1, 0.15) is 17.0 Å². The first-order valence-corrected chi connectivity index (χ1v) is 15.6. The number of hydrogen-bond acceptors (Lipinski definition) is 8. The molecule has 0 unspecified atom stereocenters. The van der Waals surface area contributed by atoms with E-state index in [4.69, 9.17) is 37.4 Å². The Bertz CT molecular complexity index is 1570. The first kappa shape index (κ1) is 31.7. The first-order valence-electron chi connectivity index (χ1n) is 14.0. The number of aromatic nitrogens is 1. The molecule has 2 aromatic carbocycles. The van der Waals surface area contributed by atoms with Gasteiger partial charge in [0.2, 0.25) is 0 Å². The molecule has 0 spiro atoms. The van der Waals surface area contributed by atoms with E-state index in [1.54, 1.807) is 31.7 Å². The summed E-state index contributed by atoms with van der Waals surface area (Å²) in [6, 6.07) is 4.77. The van der Waals surface area contributed by atoms with E-state index in [1.807, 2.05) is 26.8 Å². The number of benzene rings is 2. The highest BCUT2D eigenvalue weighted by Crippen LogP contribution is 2.44. The van der Waals surface area contributed by atoms with Crippen LogP contribution in [0.2, 0.25) is 10.0 Å². The standard InChI is InChI=1S/C30H35Cl2FN4O5S/c1-29(2,3)41-27(38)35-26-34-24-18(7-8-21(33)25(24)43-26)22-20(31)11-16-12-36-9-10-37(28(39)42-30(4,5)6)13-17(36)14-40-15-19(16)23(22)32/h7-8,11,17H,9-10,12-15H2,1-6H3,(H,34,35,38)/t17-/m1/s1. The maximum Gasteiger partial charge on any atom is 0.413 e.